The summed E-state index contributed by atoms with van der Waals surface area (Å²) in [5.41, 5.74) is 0. The van der Waals surface area contributed by atoms with Crippen molar-refractivity contribution in [3.05, 3.63) is 0 Å². The first-order valence-electron chi connectivity index (χ1n) is 8.85. The fourth-order valence-corrected chi connectivity index (χ4v) is 2.60. The SMILES string of the molecule is CCCCCCCCCCCCCCCCCC=O.[Ca+2].[H-].[H-].[Zn]. The molecule has 0 N–H and O–H groups in total. The van der Waals surface area contributed by atoms with Crippen molar-refractivity contribution in [2.75, 3.05) is 0 Å². The summed E-state index contributed by atoms with van der Waals surface area (Å²) in [6, 6.07) is 0. The molecule has 0 spiro atoms. The van der Waals surface area contributed by atoms with Crippen LogP contribution in [0.15, 0.2) is 0 Å². The average Bonchev–Trinajstić information content (AvgIpc) is 2.43. The van der Waals surface area contributed by atoms with Gasteiger partial charge in [-0.3, -0.25) is 0 Å². The first kappa shape index (κ1) is 27.4. The van der Waals surface area contributed by atoms with Gasteiger partial charge in [0.1, 0.15) is 6.29 Å². The van der Waals surface area contributed by atoms with Crippen LogP contribution in [0.5, 0.6) is 0 Å². The van der Waals surface area contributed by atoms with Crippen LogP contribution in [0.3, 0.4) is 0 Å². The molecule has 0 aromatic heterocycles. The second kappa shape index (κ2) is 26.5. The first-order valence-corrected chi connectivity index (χ1v) is 8.85. The Balaban J connectivity index is -0.000000270. The summed E-state index contributed by atoms with van der Waals surface area (Å²) in [4.78, 5) is 10.1. The summed E-state index contributed by atoms with van der Waals surface area (Å²) < 4.78 is 0. The molecule has 0 aliphatic heterocycles. The van der Waals surface area contributed by atoms with E-state index in [1.165, 1.54) is 89.9 Å². The van der Waals surface area contributed by atoms with E-state index in [0.29, 0.717) is 0 Å². The van der Waals surface area contributed by atoms with E-state index in [1.807, 2.05) is 0 Å². The fourth-order valence-electron chi connectivity index (χ4n) is 2.60. The van der Waals surface area contributed by atoms with Crippen molar-refractivity contribution >= 4 is 44.0 Å². The number of aldehydes is 1. The Morgan fingerprint density at radius 1 is 0.619 bits per heavy atom. The van der Waals surface area contributed by atoms with Gasteiger partial charge in [0.15, 0.2) is 0 Å². The number of hydrogen-bond acceptors (Lipinski definition) is 1. The van der Waals surface area contributed by atoms with Crippen LogP contribution in [0.2, 0.25) is 0 Å². The quantitative estimate of drug-likeness (QED) is 0.176. The Morgan fingerprint density at radius 2 is 0.905 bits per heavy atom. The second-order valence-electron chi connectivity index (χ2n) is 5.91. The maximum absolute atomic E-state index is 10.1. The first-order chi connectivity index (χ1) is 9.41. The molecule has 0 heterocycles. The monoisotopic (exact) mass is 374 g/mol. The molecular weight excluding hydrogens is 338 g/mol. The van der Waals surface area contributed by atoms with Crippen LogP contribution in [-0.2, 0) is 24.3 Å². The zero-order chi connectivity index (χ0) is 14.0. The number of carbonyl (C=O) groups is 1. The van der Waals surface area contributed by atoms with Gasteiger partial charge in [0.05, 0.1) is 0 Å². The van der Waals surface area contributed by atoms with Gasteiger partial charge in [0.25, 0.3) is 0 Å². The van der Waals surface area contributed by atoms with Crippen molar-refractivity contribution in [2.45, 2.75) is 110 Å². The molecule has 0 radical (unpaired) electrons. The molecule has 0 aliphatic carbocycles. The van der Waals surface area contributed by atoms with Gasteiger partial charge in [-0.05, 0) is 6.42 Å². The Hall–Kier alpha value is 1.55. The molecule has 0 amide bonds. The Kier molecular flexibility index (Phi) is 34.5. The molecule has 0 rings (SSSR count). The number of rotatable bonds is 16. The van der Waals surface area contributed by atoms with Crippen LogP contribution in [0.1, 0.15) is 113 Å². The number of carbonyl (C=O) groups excluding carboxylic acids is 1. The molecule has 21 heavy (non-hydrogen) atoms. The number of unbranched alkanes of at least 4 members (excludes halogenated alkanes) is 15. The van der Waals surface area contributed by atoms with E-state index in [-0.39, 0.29) is 60.1 Å². The van der Waals surface area contributed by atoms with Crippen LogP contribution in [0, 0.1) is 0 Å². The van der Waals surface area contributed by atoms with Crippen LogP contribution >= 0.6 is 0 Å². The van der Waals surface area contributed by atoms with Gasteiger partial charge in [-0.2, -0.15) is 0 Å². The molecule has 1 nitrogen and oxygen atoms in total. The van der Waals surface area contributed by atoms with Crippen molar-refractivity contribution in [3.8, 4) is 0 Å². The van der Waals surface area contributed by atoms with Gasteiger partial charge in [-0.1, -0.05) is 96.8 Å². The third-order valence-corrected chi connectivity index (χ3v) is 3.93. The van der Waals surface area contributed by atoms with E-state index in [4.69, 9.17) is 0 Å². The minimum Gasteiger partial charge on any atom is -1.00 e. The largest absolute Gasteiger partial charge is 2.00 e. The van der Waals surface area contributed by atoms with Gasteiger partial charge >= 0.3 is 37.7 Å². The molecule has 0 saturated carbocycles. The van der Waals surface area contributed by atoms with Crippen molar-refractivity contribution < 1.29 is 27.1 Å². The van der Waals surface area contributed by atoms with Crippen molar-refractivity contribution in [3.63, 3.8) is 0 Å². The molecule has 0 aliphatic rings. The summed E-state index contributed by atoms with van der Waals surface area (Å²) in [6.45, 7) is 2.28. The van der Waals surface area contributed by atoms with Crippen LogP contribution < -0.4 is 0 Å². The average molecular weight is 376 g/mol. The maximum Gasteiger partial charge on any atom is 2.00 e. The topological polar surface area (TPSA) is 17.1 Å². The second-order valence-corrected chi connectivity index (χ2v) is 5.91. The summed E-state index contributed by atoms with van der Waals surface area (Å²) in [5.74, 6) is 0. The van der Waals surface area contributed by atoms with Gasteiger partial charge in [0, 0.05) is 25.9 Å². The van der Waals surface area contributed by atoms with E-state index < -0.39 is 0 Å². The van der Waals surface area contributed by atoms with E-state index in [1.54, 1.807) is 0 Å². The normalized spacial score (nSPS) is 9.76. The molecule has 3 heteroatoms. The molecule has 0 atom stereocenters. The Morgan fingerprint density at radius 3 is 1.19 bits per heavy atom. The third-order valence-electron chi connectivity index (χ3n) is 3.93. The fraction of sp³-hybridized carbons (Fsp3) is 0.944. The third kappa shape index (κ3) is 26.7. The number of hydrogen-bond donors (Lipinski definition) is 0. The zero-order valence-electron chi connectivity index (χ0n) is 16.7. The standard InChI is InChI=1S/C18H36O.Ca.Zn.2H/c1-2-3-4-5-6-7-8-9-10-11-12-13-14-15-16-17-18-19;;;;/h18H,2-17H2,1H3;;;;/q;+2;;2*-1. The van der Waals surface area contributed by atoms with E-state index in [2.05, 4.69) is 6.92 Å². The molecule has 120 valence electrons. The summed E-state index contributed by atoms with van der Waals surface area (Å²) >= 11 is 0. The Labute approximate surface area is 179 Å². The maximum atomic E-state index is 10.1. The van der Waals surface area contributed by atoms with Gasteiger partial charge in [0.2, 0.25) is 0 Å². The predicted octanol–water partition coefficient (Wildman–Crippen LogP) is 6.29. The summed E-state index contributed by atoms with van der Waals surface area (Å²) in [5, 5.41) is 0. The molecule has 0 fully saturated rings. The van der Waals surface area contributed by atoms with Crippen molar-refractivity contribution in [2.24, 2.45) is 0 Å². The molecule has 0 bridgehead atoms. The van der Waals surface area contributed by atoms with Crippen molar-refractivity contribution in [1.29, 1.82) is 0 Å². The van der Waals surface area contributed by atoms with Gasteiger partial charge in [-0.15, -0.1) is 0 Å². The van der Waals surface area contributed by atoms with Crippen LogP contribution in [-0.4, -0.2) is 44.0 Å². The van der Waals surface area contributed by atoms with E-state index in [9.17, 15) is 4.79 Å². The van der Waals surface area contributed by atoms with Gasteiger partial charge in [-0.25, -0.2) is 0 Å². The summed E-state index contributed by atoms with van der Waals surface area (Å²) in [6.07, 6.45) is 22.6. The van der Waals surface area contributed by atoms with Gasteiger partial charge < -0.3 is 7.65 Å². The van der Waals surface area contributed by atoms with Crippen LogP contribution in [0.25, 0.3) is 0 Å². The zero-order valence-corrected chi connectivity index (χ0v) is 19.9. The van der Waals surface area contributed by atoms with Crippen molar-refractivity contribution in [1.82, 2.24) is 0 Å². The van der Waals surface area contributed by atoms with E-state index in [0.717, 1.165) is 19.1 Å². The summed E-state index contributed by atoms with van der Waals surface area (Å²) in [7, 11) is 0. The Bertz CT molecular complexity index is 186. The minimum absolute atomic E-state index is 0. The predicted molar refractivity (Wildman–Crippen MR) is 93.6 cm³/mol. The molecule has 0 saturated heterocycles. The van der Waals surface area contributed by atoms with Crippen LogP contribution in [0.4, 0.5) is 0 Å². The molecular formula is C18H38CaOZn. The molecule has 0 aromatic rings. The van der Waals surface area contributed by atoms with E-state index >= 15 is 0 Å². The smallest absolute Gasteiger partial charge is 1.00 e. The molecule has 0 aromatic carbocycles. The molecule has 0 unspecified atom stereocenters. The minimum atomic E-state index is 0.